The van der Waals surface area contributed by atoms with E-state index in [9.17, 15) is 0 Å². The molecule has 2 heteroatoms. The largest absolute Gasteiger partial charge is 0.296 e. The average molecular weight is 559 g/mol. The van der Waals surface area contributed by atoms with Gasteiger partial charge >= 0.3 is 0 Å². The van der Waals surface area contributed by atoms with Gasteiger partial charge in [-0.15, -0.1) is 0 Å². The van der Waals surface area contributed by atoms with Gasteiger partial charge in [0.25, 0.3) is 0 Å². The highest BCUT2D eigenvalue weighted by Gasteiger charge is 2.22. The van der Waals surface area contributed by atoms with Crippen LogP contribution in [-0.2, 0) is 0 Å². The lowest BCUT2D eigenvalue weighted by Crippen LogP contribution is -2.42. The first-order valence-corrected chi connectivity index (χ1v) is 18.1. The Bertz CT molecular complexity index is 616. The number of rotatable bonds is 28. The maximum atomic E-state index is 2.40. The first-order valence-electron chi connectivity index (χ1n) is 18.1. The summed E-state index contributed by atoms with van der Waals surface area (Å²) in [6, 6.07) is 9.60. The predicted molar refractivity (Wildman–Crippen MR) is 186 cm³/mol. The topological polar surface area (TPSA) is 0 Å². The van der Waals surface area contributed by atoms with Crippen LogP contribution in [0.5, 0.6) is 0 Å². The summed E-state index contributed by atoms with van der Waals surface area (Å²) >= 11 is 0. The third kappa shape index (κ3) is 18.5. The van der Waals surface area contributed by atoms with Gasteiger partial charge in [0.2, 0.25) is 0 Å². The molecule has 0 amide bonds. The second kappa shape index (κ2) is 23.7. The normalized spacial score (nSPS) is 12.3. The highest BCUT2D eigenvalue weighted by molar-refractivity contribution is 5.52. The smallest absolute Gasteiger partial charge is 0.132 e. The monoisotopic (exact) mass is 559 g/mol. The third-order valence-corrected chi connectivity index (χ3v) is 9.39. The van der Waals surface area contributed by atoms with Crippen LogP contribution in [0.4, 0.5) is 11.4 Å². The van der Waals surface area contributed by atoms with Gasteiger partial charge in [-0.2, -0.15) is 0 Å². The molecule has 0 aromatic heterocycles. The molecule has 0 atom stereocenters. The minimum Gasteiger partial charge on any atom is -0.296 e. The van der Waals surface area contributed by atoms with E-state index in [4.69, 9.17) is 0 Å². The summed E-state index contributed by atoms with van der Waals surface area (Å²) in [5.74, 6) is 0. The van der Waals surface area contributed by atoms with E-state index < -0.39 is 0 Å². The molecule has 0 heterocycles. The summed E-state index contributed by atoms with van der Waals surface area (Å²) < 4.78 is 2.01. The highest BCUT2D eigenvalue weighted by atomic mass is 15.3. The van der Waals surface area contributed by atoms with Crippen molar-refractivity contribution in [3.63, 3.8) is 0 Å². The molecule has 1 aromatic carbocycles. The van der Waals surface area contributed by atoms with E-state index in [1.54, 1.807) is 0 Å². The standard InChI is InChI=1S/C38H74N2/c1-7-9-11-13-15-17-19-21-23-25-27-29-35-39(3,4)37-31-33-38(34-32-37)40(5,6)36-30-28-26-24-22-20-18-16-14-12-10-8-2/h31-34H,7-30,35-36H2,1-6H3/q+2. The van der Waals surface area contributed by atoms with Crippen LogP contribution in [0.15, 0.2) is 24.3 Å². The fourth-order valence-corrected chi connectivity index (χ4v) is 6.21. The molecule has 234 valence electrons. The Kier molecular flexibility index (Phi) is 22.0. The quantitative estimate of drug-likeness (QED) is 0.0708. The van der Waals surface area contributed by atoms with E-state index in [0.717, 1.165) is 8.97 Å². The predicted octanol–water partition coefficient (Wildman–Crippen LogP) is 12.2. The summed E-state index contributed by atoms with van der Waals surface area (Å²) in [5, 5.41) is 0. The van der Waals surface area contributed by atoms with E-state index in [1.165, 1.54) is 179 Å². The van der Waals surface area contributed by atoms with Crippen molar-refractivity contribution < 1.29 is 0 Å². The van der Waals surface area contributed by atoms with Gasteiger partial charge in [-0.25, -0.2) is 0 Å². The Morgan fingerprint density at radius 3 is 0.750 bits per heavy atom. The number of hydrogen-bond donors (Lipinski definition) is 0. The van der Waals surface area contributed by atoms with Crippen molar-refractivity contribution in [1.82, 2.24) is 8.97 Å². The van der Waals surface area contributed by atoms with E-state index in [0.29, 0.717) is 0 Å². The molecule has 0 bridgehead atoms. The molecular weight excluding hydrogens is 484 g/mol. The van der Waals surface area contributed by atoms with Crippen LogP contribution in [0, 0.1) is 0 Å². The van der Waals surface area contributed by atoms with Crippen LogP contribution in [0.3, 0.4) is 0 Å². The third-order valence-electron chi connectivity index (χ3n) is 9.39. The number of nitrogens with zero attached hydrogens (tertiary/aromatic N) is 2. The van der Waals surface area contributed by atoms with Gasteiger partial charge in [0.15, 0.2) is 0 Å². The van der Waals surface area contributed by atoms with Crippen molar-refractivity contribution >= 4 is 11.4 Å². The van der Waals surface area contributed by atoms with Crippen molar-refractivity contribution in [1.29, 1.82) is 0 Å². The van der Waals surface area contributed by atoms with E-state index >= 15 is 0 Å². The summed E-state index contributed by atoms with van der Waals surface area (Å²) in [6.45, 7) is 7.09. The zero-order valence-corrected chi connectivity index (χ0v) is 28.6. The minimum atomic E-state index is 1.00. The second-order valence-corrected chi connectivity index (χ2v) is 14.1. The Hall–Kier alpha value is -0.860. The van der Waals surface area contributed by atoms with Crippen LogP contribution in [0.25, 0.3) is 0 Å². The van der Waals surface area contributed by atoms with Crippen LogP contribution in [-0.4, -0.2) is 41.3 Å². The molecular formula is C38H74N2+2. The SMILES string of the molecule is CCCCCCCCCCCCCC[N+](C)(C)c1ccc([N+](C)(C)CCCCCCCCCCCCCC)cc1. The number of benzene rings is 1. The molecule has 0 aliphatic carbocycles. The number of unbranched alkanes of at least 4 members (excludes halogenated alkanes) is 22. The van der Waals surface area contributed by atoms with Gasteiger partial charge in [0.1, 0.15) is 11.4 Å². The maximum Gasteiger partial charge on any atom is 0.132 e. The van der Waals surface area contributed by atoms with Gasteiger partial charge in [-0.05, 0) is 25.7 Å². The molecule has 0 saturated heterocycles. The zero-order chi connectivity index (χ0) is 29.4. The van der Waals surface area contributed by atoms with Crippen molar-refractivity contribution in [2.45, 2.75) is 168 Å². The molecule has 2 nitrogen and oxygen atoms in total. The second-order valence-electron chi connectivity index (χ2n) is 14.1. The molecule has 0 spiro atoms. The molecule has 0 radical (unpaired) electrons. The Balaban J connectivity index is 2.16. The van der Waals surface area contributed by atoms with Gasteiger partial charge in [0.05, 0.1) is 41.3 Å². The van der Waals surface area contributed by atoms with E-state index in [2.05, 4.69) is 66.3 Å². The fraction of sp³-hybridized carbons (Fsp3) is 0.842. The van der Waals surface area contributed by atoms with Crippen molar-refractivity contribution in [3.8, 4) is 0 Å². The summed E-state index contributed by atoms with van der Waals surface area (Å²) in [6.07, 6.45) is 34.2. The number of quaternary nitrogens is 2. The number of hydrogen-bond acceptors (Lipinski definition) is 0. The Morgan fingerprint density at radius 1 is 0.325 bits per heavy atom. The zero-order valence-electron chi connectivity index (χ0n) is 28.6. The molecule has 1 aromatic rings. The molecule has 0 aliphatic heterocycles. The molecule has 0 unspecified atom stereocenters. The van der Waals surface area contributed by atoms with Gasteiger partial charge in [-0.1, -0.05) is 142 Å². The Labute approximate surface area is 253 Å². The summed E-state index contributed by atoms with van der Waals surface area (Å²) in [7, 11) is 9.56. The molecule has 0 N–H and O–H groups in total. The molecule has 0 fully saturated rings. The van der Waals surface area contributed by atoms with E-state index in [1.807, 2.05) is 0 Å². The first-order chi connectivity index (χ1) is 19.3. The summed E-state index contributed by atoms with van der Waals surface area (Å²) in [5.41, 5.74) is 2.91. The Morgan fingerprint density at radius 2 is 0.525 bits per heavy atom. The first kappa shape index (κ1) is 37.2. The molecule has 0 aliphatic rings. The van der Waals surface area contributed by atoms with Gasteiger partial charge in [-0.3, -0.25) is 8.97 Å². The van der Waals surface area contributed by atoms with E-state index in [-0.39, 0.29) is 0 Å². The lowest BCUT2D eigenvalue weighted by Gasteiger charge is -2.32. The molecule has 1 rings (SSSR count). The molecule has 0 saturated carbocycles. The van der Waals surface area contributed by atoms with Crippen LogP contribution in [0.2, 0.25) is 0 Å². The fourth-order valence-electron chi connectivity index (χ4n) is 6.21. The van der Waals surface area contributed by atoms with Crippen molar-refractivity contribution in [3.05, 3.63) is 24.3 Å². The maximum absolute atomic E-state index is 2.40. The average Bonchev–Trinajstić information content (AvgIpc) is 2.94. The van der Waals surface area contributed by atoms with Gasteiger partial charge < -0.3 is 0 Å². The highest BCUT2D eigenvalue weighted by Crippen LogP contribution is 2.27. The van der Waals surface area contributed by atoms with Crippen LogP contribution < -0.4 is 8.97 Å². The van der Waals surface area contributed by atoms with Crippen LogP contribution in [0.1, 0.15) is 168 Å². The van der Waals surface area contributed by atoms with Gasteiger partial charge in [0, 0.05) is 24.3 Å². The van der Waals surface area contributed by atoms with Crippen molar-refractivity contribution in [2.24, 2.45) is 0 Å². The summed E-state index contributed by atoms with van der Waals surface area (Å²) in [4.78, 5) is 0. The van der Waals surface area contributed by atoms with Crippen LogP contribution >= 0.6 is 0 Å². The van der Waals surface area contributed by atoms with Crippen molar-refractivity contribution in [2.75, 3.05) is 41.3 Å². The lowest BCUT2D eigenvalue weighted by molar-refractivity contribution is 0.375. The lowest BCUT2D eigenvalue weighted by atomic mass is 10.0. The minimum absolute atomic E-state index is 1.00. The molecule has 40 heavy (non-hydrogen) atoms.